The third-order valence-corrected chi connectivity index (χ3v) is 3.15. The van der Waals surface area contributed by atoms with Gasteiger partial charge in [0.2, 0.25) is 0 Å². The third kappa shape index (κ3) is 2.55. The zero-order valence-corrected chi connectivity index (χ0v) is 11.4. The Bertz CT molecular complexity index is 444. The van der Waals surface area contributed by atoms with Crippen LogP contribution >= 0.6 is 15.9 Å². The Hall–Kier alpha value is -1.21. The lowest BCUT2D eigenvalue weighted by molar-refractivity contribution is 0.541. The Balaban J connectivity index is 2.33. The molecule has 1 unspecified atom stereocenters. The molecule has 0 spiro atoms. The van der Waals surface area contributed by atoms with Gasteiger partial charge in [0.1, 0.15) is 5.69 Å². The molecule has 1 atom stereocenters. The molecule has 2 aromatic heterocycles. The number of hydrogen-bond acceptors (Lipinski definition) is 4. The minimum atomic E-state index is -0.00410. The van der Waals surface area contributed by atoms with Crippen LogP contribution in [0.4, 0.5) is 0 Å². The van der Waals surface area contributed by atoms with E-state index in [1.807, 2.05) is 11.7 Å². The van der Waals surface area contributed by atoms with Crippen LogP contribution in [0.3, 0.4) is 0 Å². The molecule has 92 valence electrons. The monoisotopic (exact) mass is 298 g/mol. The van der Waals surface area contributed by atoms with Gasteiger partial charge < -0.3 is 5.32 Å². The van der Waals surface area contributed by atoms with E-state index in [1.54, 1.807) is 12.4 Å². The highest BCUT2D eigenvalue weighted by Gasteiger charge is 2.22. The predicted octanol–water partition coefficient (Wildman–Crippen LogP) is 1.39. The first-order valence-corrected chi connectivity index (χ1v) is 6.29. The van der Waals surface area contributed by atoms with Crippen LogP contribution in [0.25, 0.3) is 0 Å². The summed E-state index contributed by atoms with van der Waals surface area (Å²) in [5, 5.41) is 18.3. The highest BCUT2D eigenvalue weighted by molar-refractivity contribution is 9.10. The summed E-state index contributed by atoms with van der Waals surface area (Å²) < 4.78 is 2.81. The van der Waals surface area contributed by atoms with Gasteiger partial charge in [-0.05, 0) is 28.9 Å². The zero-order valence-electron chi connectivity index (χ0n) is 9.81. The second kappa shape index (κ2) is 5.42. The van der Waals surface area contributed by atoms with Crippen molar-refractivity contribution in [3.05, 3.63) is 28.3 Å². The maximum Gasteiger partial charge on any atom is 0.106 e. The Labute approximate surface area is 108 Å². The van der Waals surface area contributed by atoms with E-state index < -0.39 is 0 Å². The quantitative estimate of drug-likeness (QED) is 0.875. The summed E-state index contributed by atoms with van der Waals surface area (Å²) in [7, 11) is 1.92. The van der Waals surface area contributed by atoms with Crippen LogP contribution < -0.4 is 5.32 Å². The van der Waals surface area contributed by atoms with Gasteiger partial charge in [0.15, 0.2) is 0 Å². The summed E-state index contributed by atoms with van der Waals surface area (Å²) in [6, 6.07) is -0.00410. The number of nitrogens with zero attached hydrogens (tertiary/aromatic N) is 4. The van der Waals surface area contributed by atoms with Crippen molar-refractivity contribution in [2.24, 2.45) is 7.05 Å². The van der Waals surface area contributed by atoms with Gasteiger partial charge in [-0.3, -0.25) is 4.68 Å². The van der Waals surface area contributed by atoms with Crippen LogP contribution in [0.5, 0.6) is 0 Å². The lowest BCUT2D eigenvalue weighted by atomic mass is 10.1. The molecular weight excluding hydrogens is 284 g/mol. The summed E-state index contributed by atoms with van der Waals surface area (Å²) in [5.41, 5.74) is 1.91. The highest BCUT2D eigenvalue weighted by atomic mass is 79.9. The Morgan fingerprint density at radius 1 is 1.53 bits per heavy atom. The van der Waals surface area contributed by atoms with Gasteiger partial charge in [-0.15, -0.1) is 0 Å². The maximum atomic E-state index is 4.23. The Morgan fingerprint density at radius 2 is 2.35 bits per heavy atom. The molecule has 0 fully saturated rings. The average Bonchev–Trinajstić information content (AvgIpc) is 2.93. The first-order valence-electron chi connectivity index (χ1n) is 5.50. The normalized spacial score (nSPS) is 12.9. The first kappa shape index (κ1) is 12.3. The van der Waals surface area contributed by atoms with Crippen LogP contribution in [0, 0.1) is 0 Å². The van der Waals surface area contributed by atoms with E-state index in [0.29, 0.717) is 0 Å². The van der Waals surface area contributed by atoms with Crippen LogP contribution in [0.1, 0.15) is 30.8 Å². The highest BCUT2D eigenvalue weighted by Crippen LogP contribution is 2.26. The number of halogens is 1. The summed E-state index contributed by atoms with van der Waals surface area (Å²) in [6.45, 7) is 3.04. The topological polar surface area (TPSA) is 71.4 Å². The zero-order chi connectivity index (χ0) is 12.3. The molecule has 0 saturated heterocycles. The van der Waals surface area contributed by atoms with E-state index in [-0.39, 0.29) is 6.04 Å². The van der Waals surface area contributed by atoms with Gasteiger partial charge in [-0.2, -0.15) is 20.5 Å². The van der Waals surface area contributed by atoms with E-state index in [1.165, 1.54) is 0 Å². The van der Waals surface area contributed by atoms with Gasteiger partial charge in [0, 0.05) is 7.05 Å². The fourth-order valence-electron chi connectivity index (χ4n) is 1.72. The number of nitrogens with one attached hydrogen (secondary N) is 2. The lowest BCUT2D eigenvalue weighted by Crippen LogP contribution is -2.26. The molecular formula is C10H15BrN6. The van der Waals surface area contributed by atoms with E-state index >= 15 is 0 Å². The van der Waals surface area contributed by atoms with Crippen LogP contribution in [0.2, 0.25) is 0 Å². The van der Waals surface area contributed by atoms with Crippen LogP contribution in [0.15, 0.2) is 16.9 Å². The molecule has 7 heteroatoms. The number of aromatic amines is 1. The number of aromatic nitrogens is 5. The molecule has 0 aliphatic carbocycles. The summed E-state index contributed by atoms with van der Waals surface area (Å²) in [6.07, 6.45) is 4.58. The van der Waals surface area contributed by atoms with Crippen molar-refractivity contribution in [1.82, 2.24) is 30.5 Å². The SMILES string of the molecule is CCCNC(c1cn[nH]n1)c1c(Br)cnn1C. The fourth-order valence-corrected chi connectivity index (χ4v) is 2.30. The number of rotatable bonds is 5. The van der Waals surface area contributed by atoms with Crippen LogP contribution in [-0.2, 0) is 7.05 Å². The average molecular weight is 299 g/mol. The molecule has 0 aliphatic heterocycles. The van der Waals surface area contributed by atoms with Crippen molar-refractivity contribution in [3.8, 4) is 0 Å². The number of aryl methyl sites for hydroxylation is 1. The molecule has 2 rings (SSSR count). The minimum absolute atomic E-state index is 0.00410. The van der Waals surface area contributed by atoms with Gasteiger partial charge >= 0.3 is 0 Å². The molecule has 2 aromatic rings. The maximum absolute atomic E-state index is 4.23. The summed E-state index contributed by atoms with van der Waals surface area (Å²) in [5.74, 6) is 0. The van der Waals surface area contributed by atoms with Crippen molar-refractivity contribution < 1.29 is 0 Å². The molecule has 0 bridgehead atoms. The predicted molar refractivity (Wildman–Crippen MR) is 67.4 cm³/mol. The second-order valence-corrected chi connectivity index (χ2v) is 4.64. The summed E-state index contributed by atoms with van der Waals surface area (Å²) in [4.78, 5) is 0. The molecule has 2 N–H and O–H groups in total. The molecule has 0 aliphatic rings. The molecule has 0 aromatic carbocycles. The molecule has 17 heavy (non-hydrogen) atoms. The Kier molecular flexibility index (Phi) is 3.90. The molecule has 2 heterocycles. The summed E-state index contributed by atoms with van der Waals surface area (Å²) >= 11 is 3.51. The van der Waals surface area contributed by atoms with Crippen molar-refractivity contribution >= 4 is 15.9 Å². The molecule has 0 saturated carbocycles. The standard InChI is InChI=1S/C10H15BrN6/c1-3-4-12-9(8-6-13-16-15-8)10-7(11)5-14-17(10)2/h5-6,9,12H,3-4H2,1-2H3,(H,13,15,16). The van der Waals surface area contributed by atoms with Gasteiger partial charge in [0.05, 0.1) is 28.6 Å². The van der Waals surface area contributed by atoms with Crippen molar-refractivity contribution in [1.29, 1.82) is 0 Å². The van der Waals surface area contributed by atoms with E-state index in [2.05, 4.69) is 48.7 Å². The van der Waals surface area contributed by atoms with Crippen molar-refractivity contribution in [2.75, 3.05) is 6.54 Å². The number of hydrogen-bond donors (Lipinski definition) is 2. The largest absolute Gasteiger partial charge is 0.304 e. The van der Waals surface area contributed by atoms with Gasteiger partial charge in [-0.1, -0.05) is 6.92 Å². The molecule has 0 radical (unpaired) electrons. The lowest BCUT2D eigenvalue weighted by Gasteiger charge is -2.16. The molecule has 0 amide bonds. The minimum Gasteiger partial charge on any atom is -0.304 e. The van der Waals surface area contributed by atoms with E-state index in [9.17, 15) is 0 Å². The third-order valence-electron chi connectivity index (χ3n) is 2.54. The van der Waals surface area contributed by atoms with Gasteiger partial charge in [-0.25, -0.2) is 0 Å². The van der Waals surface area contributed by atoms with Crippen LogP contribution in [-0.4, -0.2) is 31.7 Å². The first-order chi connectivity index (χ1) is 8.24. The van der Waals surface area contributed by atoms with Gasteiger partial charge in [0.25, 0.3) is 0 Å². The van der Waals surface area contributed by atoms with Crippen molar-refractivity contribution in [3.63, 3.8) is 0 Å². The smallest absolute Gasteiger partial charge is 0.106 e. The fraction of sp³-hybridized carbons (Fsp3) is 0.500. The van der Waals surface area contributed by atoms with E-state index in [0.717, 1.165) is 28.8 Å². The molecule has 6 nitrogen and oxygen atoms in total. The van der Waals surface area contributed by atoms with Crippen molar-refractivity contribution in [2.45, 2.75) is 19.4 Å². The Morgan fingerprint density at radius 3 is 2.88 bits per heavy atom. The van der Waals surface area contributed by atoms with E-state index in [4.69, 9.17) is 0 Å². The second-order valence-electron chi connectivity index (χ2n) is 3.78. The number of H-pyrrole nitrogens is 1.